The maximum absolute atomic E-state index is 9.20. The summed E-state index contributed by atoms with van der Waals surface area (Å²) in [6.07, 6.45) is 5.95. The Morgan fingerprint density at radius 2 is 1.86 bits per heavy atom. The van der Waals surface area contributed by atoms with Crippen molar-refractivity contribution < 1.29 is 6.85 Å². The molecule has 0 saturated heterocycles. The third-order valence-corrected chi connectivity index (χ3v) is 9.12. The smallest absolute Gasteiger partial charge is 0.125 e. The quantitative estimate of drug-likeness (QED) is 0.257. The molecule has 8 rings (SSSR count). The lowest BCUT2D eigenvalue weighted by Crippen LogP contribution is -2.32. The van der Waals surface area contributed by atoms with Crippen LogP contribution >= 0.6 is 11.3 Å². The number of fused-ring (bicyclic) bond motifs is 6. The first-order valence-corrected chi connectivity index (χ1v) is 13.4. The minimum Gasteiger partial charge on any atom is -0.256 e. The molecule has 2 nitrogen and oxygen atoms in total. The average Bonchev–Trinajstić information content (AvgIpc) is 3.36. The molecule has 1 atom stereocenters. The second-order valence-corrected chi connectivity index (χ2v) is 11.1. The summed E-state index contributed by atoms with van der Waals surface area (Å²) in [6, 6.07) is 21.1. The van der Waals surface area contributed by atoms with E-state index in [1.54, 1.807) is 12.3 Å². The van der Waals surface area contributed by atoms with Crippen LogP contribution in [0.4, 0.5) is 0 Å². The minimum atomic E-state index is -2.28. The molecule has 0 radical (unpaired) electrons. The second kappa shape index (κ2) is 8.57. The number of rotatable bonds is 4. The summed E-state index contributed by atoms with van der Waals surface area (Å²) in [7, 11) is 0. The van der Waals surface area contributed by atoms with Gasteiger partial charge in [0.2, 0.25) is 0 Å². The van der Waals surface area contributed by atoms with E-state index in [-0.39, 0.29) is 5.92 Å². The number of aryl methyl sites for hydroxylation is 1. The van der Waals surface area contributed by atoms with Gasteiger partial charge >= 0.3 is 0 Å². The summed E-state index contributed by atoms with van der Waals surface area (Å²) < 4.78 is 44.0. The maximum Gasteiger partial charge on any atom is 0.125 e. The van der Waals surface area contributed by atoms with Gasteiger partial charge < -0.3 is 0 Å². The van der Waals surface area contributed by atoms with Gasteiger partial charge in [0.25, 0.3) is 0 Å². The van der Waals surface area contributed by atoms with Crippen LogP contribution in [0.3, 0.4) is 0 Å². The first-order valence-electron chi connectivity index (χ1n) is 15.1. The summed E-state index contributed by atoms with van der Waals surface area (Å²) in [6.45, 7) is -2.28. The zero-order valence-electron chi connectivity index (χ0n) is 24.5. The van der Waals surface area contributed by atoms with E-state index in [4.69, 9.17) is 9.10 Å². The molecule has 3 aliphatic rings. The van der Waals surface area contributed by atoms with E-state index in [1.165, 1.54) is 24.2 Å². The predicted octanol–water partition coefficient (Wildman–Crippen LogP) is 8.86. The Labute approximate surface area is 218 Å². The van der Waals surface area contributed by atoms with Gasteiger partial charge in [-0.1, -0.05) is 55.3 Å². The molecule has 3 aliphatic carbocycles. The fourth-order valence-corrected chi connectivity index (χ4v) is 7.39. The number of benzene rings is 2. The number of thiophene rings is 1. The Morgan fingerprint density at radius 1 is 0.971 bits per heavy atom. The molecule has 35 heavy (non-hydrogen) atoms. The first-order chi connectivity index (χ1) is 19.2. The molecule has 3 heteroatoms. The van der Waals surface area contributed by atoms with Gasteiger partial charge in [0.05, 0.1) is 11.4 Å². The van der Waals surface area contributed by atoms with Crippen LogP contribution in [0.1, 0.15) is 50.1 Å². The molecule has 3 fully saturated rings. The Balaban J connectivity index is 1.38. The summed E-state index contributed by atoms with van der Waals surface area (Å²) in [5, 5.41) is 1.50. The SMILES string of the molecule is [2H]C([2H])([2H])c1ccc(-c2cc(C([2H])([2H])C3CC4CCC3CC4)ccn2)c2sc3nc(-c4ccccc4)ccc3c12. The molecule has 3 aromatic heterocycles. The number of aromatic nitrogens is 2. The highest BCUT2D eigenvalue weighted by molar-refractivity contribution is 7.26. The van der Waals surface area contributed by atoms with E-state index in [2.05, 4.69) is 4.98 Å². The monoisotopic (exact) mass is 479 g/mol. The molecule has 0 spiro atoms. The van der Waals surface area contributed by atoms with Crippen molar-refractivity contribution in [1.82, 2.24) is 9.97 Å². The van der Waals surface area contributed by atoms with Crippen molar-refractivity contribution >= 4 is 31.6 Å². The first kappa shape index (κ1) is 16.6. The van der Waals surface area contributed by atoms with Crippen LogP contribution in [-0.2, 0) is 6.37 Å². The van der Waals surface area contributed by atoms with Crippen LogP contribution in [0.25, 0.3) is 42.8 Å². The number of pyridine rings is 2. The maximum atomic E-state index is 9.20. The van der Waals surface area contributed by atoms with E-state index in [1.807, 2.05) is 60.7 Å². The van der Waals surface area contributed by atoms with E-state index in [9.17, 15) is 2.74 Å². The van der Waals surface area contributed by atoms with Crippen molar-refractivity contribution in [3.8, 4) is 22.5 Å². The Kier molecular flexibility index (Phi) is 4.06. The van der Waals surface area contributed by atoms with Crippen LogP contribution < -0.4 is 0 Å². The van der Waals surface area contributed by atoms with Crippen molar-refractivity contribution in [1.29, 1.82) is 0 Å². The van der Waals surface area contributed by atoms with Crippen molar-refractivity contribution in [2.75, 3.05) is 0 Å². The summed E-state index contributed by atoms with van der Waals surface area (Å²) in [5.74, 6) is 1.11. The zero-order chi connectivity index (χ0) is 27.6. The molecule has 2 bridgehead atoms. The molecule has 0 amide bonds. The van der Waals surface area contributed by atoms with Gasteiger partial charge in [-0.2, -0.15) is 0 Å². The van der Waals surface area contributed by atoms with Crippen molar-refractivity contribution in [2.24, 2.45) is 17.8 Å². The van der Waals surface area contributed by atoms with Crippen LogP contribution in [0.15, 0.2) is 72.9 Å². The fourth-order valence-electron chi connectivity index (χ4n) is 6.17. The van der Waals surface area contributed by atoms with Crippen LogP contribution in [0, 0.1) is 24.6 Å². The Morgan fingerprint density at radius 3 is 2.66 bits per heavy atom. The van der Waals surface area contributed by atoms with Crippen LogP contribution in [0.2, 0.25) is 0 Å². The van der Waals surface area contributed by atoms with Gasteiger partial charge in [0.15, 0.2) is 0 Å². The Bertz CT molecular complexity index is 1720. The van der Waals surface area contributed by atoms with Gasteiger partial charge in [0.1, 0.15) is 4.83 Å². The number of nitrogens with zero attached hydrogens (tertiary/aromatic N) is 2. The standard InChI is InChI=1S/C32H30N2S/c1-20-7-12-26(29-19-22(15-16-33-29)18-25-17-21-8-10-23(25)11-9-21)31-30(20)27-13-14-28(34-32(27)35-31)24-5-3-2-4-6-24/h2-7,12-16,19,21,23,25H,8-11,17-18H2,1H3/i1D3,18D2. The third kappa shape index (κ3) is 3.77. The predicted molar refractivity (Wildman–Crippen MR) is 148 cm³/mol. The molecule has 1 unspecified atom stereocenters. The zero-order valence-corrected chi connectivity index (χ0v) is 20.3. The summed E-state index contributed by atoms with van der Waals surface area (Å²) in [4.78, 5) is 10.4. The minimum absolute atomic E-state index is 0.0261. The number of hydrogen-bond acceptors (Lipinski definition) is 3. The summed E-state index contributed by atoms with van der Waals surface area (Å²) in [5.41, 5.74) is 4.29. The lowest BCUT2D eigenvalue weighted by atomic mass is 9.63. The topological polar surface area (TPSA) is 25.8 Å². The highest BCUT2D eigenvalue weighted by Gasteiger charge is 2.35. The molecule has 3 saturated carbocycles. The molecular weight excluding hydrogens is 444 g/mol. The average molecular weight is 480 g/mol. The molecule has 174 valence electrons. The highest BCUT2D eigenvalue weighted by Crippen LogP contribution is 2.46. The highest BCUT2D eigenvalue weighted by atomic mass is 32.1. The Hall–Kier alpha value is -3.04. The molecule has 0 aliphatic heterocycles. The van der Waals surface area contributed by atoms with E-state index >= 15 is 0 Å². The lowest BCUT2D eigenvalue weighted by Gasteiger charge is -2.42. The van der Waals surface area contributed by atoms with Crippen molar-refractivity contribution in [3.05, 3.63) is 84.1 Å². The molecule has 2 aromatic carbocycles. The van der Waals surface area contributed by atoms with Gasteiger partial charge in [-0.15, -0.1) is 11.3 Å². The largest absolute Gasteiger partial charge is 0.256 e. The molecule has 5 aromatic rings. The molecular formula is C32H30N2S. The summed E-state index contributed by atoms with van der Waals surface area (Å²) >= 11 is 1.48. The third-order valence-electron chi connectivity index (χ3n) is 7.99. The van der Waals surface area contributed by atoms with Crippen LogP contribution in [0.5, 0.6) is 0 Å². The van der Waals surface area contributed by atoms with E-state index in [0.717, 1.165) is 51.0 Å². The van der Waals surface area contributed by atoms with Crippen LogP contribution in [-0.4, -0.2) is 9.97 Å². The van der Waals surface area contributed by atoms with Gasteiger partial charge in [-0.3, -0.25) is 4.98 Å². The molecule has 3 heterocycles. The van der Waals surface area contributed by atoms with E-state index < -0.39 is 13.2 Å². The molecule has 0 N–H and O–H groups in total. The number of hydrogen-bond donors (Lipinski definition) is 0. The normalized spacial score (nSPS) is 24.6. The van der Waals surface area contributed by atoms with Crippen molar-refractivity contribution in [2.45, 2.75) is 45.3 Å². The van der Waals surface area contributed by atoms with Gasteiger partial charge in [0, 0.05) is 39.6 Å². The van der Waals surface area contributed by atoms with Crippen molar-refractivity contribution in [3.63, 3.8) is 0 Å². The van der Waals surface area contributed by atoms with Gasteiger partial charge in [-0.05, 0) is 85.6 Å². The fraction of sp³-hybridized carbons (Fsp3) is 0.312. The second-order valence-electron chi connectivity index (χ2n) is 10.1. The lowest BCUT2D eigenvalue weighted by molar-refractivity contribution is 0.0991. The van der Waals surface area contributed by atoms with E-state index in [0.29, 0.717) is 34.0 Å². The van der Waals surface area contributed by atoms with Gasteiger partial charge in [-0.25, -0.2) is 4.98 Å².